The molecule has 0 unspecified atom stereocenters. The average molecular weight is 605 g/mol. The van der Waals surface area contributed by atoms with E-state index in [1.54, 1.807) is 6.07 Å². The monoisotopic (exact) mass is 604 g/mol. The van der Waals surface area contributed by atoms with Crippen molar-refractivity contribution in [1.82, 2.24) is 0 Å². The van der Waals surface area contributed by atoms with E-state index in [1.807, 2.05) is 56.3 Å². The van der Waals surface area contributed by atoms with Crippen molar-refractivity contribution >= 4 is 33.5 Å². The molecule has 5 aromatic rings. The Morgan fingerprint density at radius 2 is 0.956 bits per heavy atom. The number of hydrogen-bond acceptors (Lipinski definition) is 5. The number of hydrogen-bond donors (Lipinski definition) is 3. The summed E-state index contributed by atoms with van der Waals surface area (Å²) in [5.41, 5.74) is 19.0. The molecule has 0 aromatic heterocycles. The van der Waals surface area contributed by atoms with Crippen LogP contribution in [0.2, 0.25) is 0 Å². The lowest BCUT2D eigenvalue weighted by Gasteiger charge is -2.33. The lowest BCUT2D eigenvalue weighted by molar-refractivity contribution is 0.478. The van der Waals surface area contributed by atoms with E-state index in [0.717, 1.165) is 42.6 Å². The number of fused-ring (bicyclic) bond motifs is 1. The highest BCUT2D eigenvalue weighted by Crippen LogP contribution is 2.40. The zero-order valence-corrected chi connectivity index (χ0v) is 28.2. The molecule has 0 spiro atoms. The van der Waals surface area contributed by atoms with Gasteiger partial charge in [0.15, 0.2) is 0 Å². The van der Waals surface area contributed by atoms with E-state index in [2.05, 4.69) is 105 Å². The van der Waals surface area contributed by atoms with Crippen molar-refractivity contribution in [2.45, 2.75) is 53.9 Å². The number of nitrogens with zero attached hydrogens (tertiary/aromatic N) is 2. The summed E-state index contributed by atoms with van der Waals surface area (Å²) in [7, 11) is 0. The third kappa shape index (κ3) is 7.91. The first kappa shape index (κ1) is 34.8. The minimum absolute atomic E-state index is 0.147. The van der Waals surface area contributed by atoms with Crippen LogP contribution in [-0.2, 0) is 5.41 Å². The molecule has 45 heavy (non-hydrogen) atoms. The summed E-state index contributed by atoms with van der Waals surface area (Å²) in [6.07, 6.45) is 0. The fraction of sp³-hybridized carbons (Fsp3) is 0.300. The summed E-state index contributed by atoms with van der Waals surface area (Å²) in [5.74, 6) is 0.147. The maximum Gasteiger partial charge on any atom is 0.139 e. The molecule has 0 radical (unpaired) electrons. The minimum Gasteiger partial charge on any atom is -0.506 e. The van der Waals surface area contributed by atoms with Crippen LogP contribution >= 0.6 is 0 Å². The van der Waals surface area contributed by atoms with Gasteiger partial charge in [-0.2, -0.15) is 0 Å². The van der Waals surface area contributed by atoms with E-state index in [9.17, 15) is 5.11 Å². The second kappa shape index (κ2) is 16.4. The third-order valence-electron chi connectivity index (χ3n) is 8.58. The molecule has 0 aliphatic heterocycles. The number of nitrogen functional groups attached to an aromatic ring is 2. The van der Waals surface area contributed by atoms with Crippen molar-refractivity contribution in [3.05, 3.63) is 126 Å². The average Bonchev–Trinajstić information content (AvgIpc) is 3.09. The number of rotatable bonds is 9. The van der Waals surface area contributed by atoms with Crippen molar-refractivity contribution in [3.8, 4) is 5.75 Å². The van der Waals surface area contributed by atoms with Gasteiger partial charge in [0.2, 0.25) is 0 Å². The fourth-order valence-corrected chi connectivity index (χ4v) is 5.79. The molecule has 5 aromatic carbocycles. The van der Waals surface area contributed by atoms with E-state index in [4.69, 9.17) is 11.5 Å². The molecule has 5 heteroatoms. The van der Waals surface area contributed by atoms with E-state index in [0.29, 0.717) is 5.69 Å². The molecule has 0 atom stereocenters. The van der Waals surface area contributed by atoms with Crippen molar-refractivity contribution in [3.63, 3.8) is 0 Å². The molecule has 0 amide bonds. The molecule has 0 fully saturated rings. The quantitative estimate of drug-likeness (QED) is 0.0887. The first-order valence-electron chi connectivity index (χ1n) is 16.3. The van der Waals surface area contributed by atoms with Gasteiger partial charge >= 0.3 is 0 Å². The largest absolute Gasteiger partial charge is 0.506 e. The van der Waals surface area contributed by atoms with E-state index < -0.39 is 0 Å². The Balaban J connectivity index is 0.000000326. The molecule has 0 aliphatic rings. The Morgan fingerprint density at radius 3 is 1.38 bits per heavy atom. The van der Waals surface area contributed by atoms with Gasteiger partial charge < -0.3 is 26.4 Å². The normalized spacial score (nSPS) is 10.7. The Bertz CT molecular complexity index is 1530. The number of phenolic OH excluding ortho intramolecular Hbond substituents is 1. The lowest BCUT2D eigenvalue weighted by Crippen LogP contribution is -2.27. The summed E-state index contributed by atoms with van der Waals surface area (Å²) in [6, 6.07) is 37.6. The van der Waals surface area contributed by atoms with Crippen LogP contribution in [0, 0.1) is 0 Å². The second-order valence-electron chi connectivity index (χ2n) is 10.9. The number of benzene rings is 5. The van der Waals surface area contributed by atoms with E-state index in [1.165, 1.54) is 28.1 Å². The highest BCUT2D eigenvalue weighted by atomic mass is 16.3. The van der Waals surface area contributed by atoms with Gasteiger partial charge in [-0.3, -0.25) is 0 Å². The van der Waals surface area contributed by atoms with Crippen LogP contribution in [0.5, 0.6) is 5.75 Å². The van der Waals surface area contributed by atoms with Gasteiger partial charge in [0.05, 0.1) is 5.69 Å². The van der Waals surface area contributed by atoms with Gasteiger partial charge in [-0.15, -0.1) is 0 Å². The molecular formula is C40H52N4O. The molecule has 238 valence electrons. The standard InChI is InChI=1S/C28H37N3.C10H9NO.C2H6/c1-6-30(7-2)26-18-12-23(13-19-26)28(5,22-10-16-25(29)17-11-22)24-14-20-27(21-15-24)31(8-3)9-4;11-10-8-4-2-1-3-7(8)5-6-9(10)12;1-2/h10-21H,6-9,29H2,1-5H3;1-6,12H,11H2;1-2H3. The molecule has 0 heterocycles. The van der Waals surface area contributed by atoms with E-state index >= 15 is 0 Å². The van der Waals surface area contributed by atoms with Gasteiger partial charge in [0, 0.05) is 54.0 Å². The Morgan fingerprint density at radius 1 is 0.556 bits per heavy atom. The van der Waals surface area contributed by atoms with Crippen LogP contribution < -0.4 is 21.3 Å². The van der Waals surface area contributed by atoms with Gasteiger partial charge in [-0.25, -0.2) is 0 Å². The molecule has 5 rings (SSSR count). The predicted octanol–water partition coefficient (Wildman–Crippen LogP) is 9.47. The fourth-order valence-electron chi connectivity index (χ4n) is 5.79. The number of anilines is 4. The molecule has 0 saturated heterocycles. The first-order chi connectivity index (χ1) is 21.8. The Labute approximate surface area is 271 Å². The zero-order chi connectivity index (χ0) is 33.0. The highest BCUT2D eigenvalue weighted by molar-refractivity contribution is 5.95. The summed E-state index contributed by atoms with van der Waals surface area (Å²) in [5, 5.41) is 11.2. The van der Waals surface area contributed by atoms with Crippen molar-refractivity contribution < 1.29 is 5.11 Å². The van der Waals surface area contributed by atoms with Crippen molar-refractivity contribution in [1.29, 1.82) is 0 Å². The SMILES string of the molecule is CC.CCN(CC)c1ccc(C(C)(c2ccc(N)cc2)c2ccc(N(CC)CC)cc2)cc1.Nc1c(O)ccc2ccccc12. The van der Waals surface area contributed by atoms with Crippen LogP contribution in [0.4, 0.5) is 22.7 Å². The summed E-state index contributed by atoms with van der Waals surface area (Å²) >= 11 is 0. The summed E-state index contributed by atoms with van der Waals surface area (Å²) < 4.78 is 0. The number of phenols is 1. The molecule has 0 aliphatic carbocycles. The predicted molar refractivity (Wildman–Crippen MR) is 198 cm³/mol. The van der Waals surface area contributed by atoms with Crippen LogP contribution in [0.15, 0.2) is 109 Å². The lowest BCUT2D eigenvalue weighted by atomic mass is 9.71. The van der Waals surface area contributed by atoms with Gasteiger partial charge in [0.25, 0.3) is 0 Å². The summed E-state index contributed by atoms with van der Waals surface area (Å²) in [4.78, 5) is 4.76. The van der Waals surface area contributed by atoms with Gasteiger partial charge in [-0.05, 0) is 99.2 Å². The molecule has 0 bridgehead atoms. The molecule has 5 N–H and O–H groups in total. The van der Waals surface area contributed by atoms with Gasteiger partial charge in [-0.1, -0.05) is 80.6 Å². The first-order valence-corrected chi connectivity index (χ1v) is 16.3. The van der Waals surface area contributed by atoms with Gasteiger partial charge in [0.1, 0.15) is 5.75 Å². The van der Waals surface area contributed by atoms with Crippen LogP contribution in [0.3, 0.4) is 0 Å². The van der Waals surface area contributed by atoms with Crippen LogP contribution in [-0.4, -0.2) is 31.3 Å². The maximum atomic E-state index is 9.29. The van der Waals surface area contributed by atoms with Crippen LogP contribution in [0.1, 0.15) is 65.2 Å². The summed E-state index contributed by atoms with van der Waals surface area (Å²) in [6.45, 7) is 19.2. The number of nitrogens with two attached hydrogens (primary N) is 2. The maximum absolute atomic E-state index is 9.29. The highest BCUT2D eigenvalue weighted by Gasteiger charge is 2.31. The van der Waals surface area contributed by atoms with Crippen molar-refractivity contribution in [2.24, 2.45) is 0 Å². The smallest absolute Gasteiger partial charge is 0.139 e. The molecule has 0 saturated carbocycles. The molecular weight excluding hydrogens is 552 g/mol. The minimum atomic E-state index is -0.267. The third-order valence-corrected chi connectivity index (χ3v) is 8.58. The number of aromatic hydroxyl groups is 1. The Kier molecular flexibility index (Phi) is 12.7. The zero-order valence-electron chi connectivity index (χ0n) is 28.2. The second-order valence-corrected chi connectivity index (χ2v) is 10.9. The van der Waals surface area contributed by atoms with E-state index in [-0.39, 0.29) is 11.2 Å². The van der Waals surface area contributed by atoms with Crippen LogP contribution in [0.25, 0.3) is 10.8 Å². The van der Waals surface area contributed by atoms with Crippen molar-refractivity contribution in [2.75, 3.05) is 47.4 Å². The topological polar surface area (TPSA) is 78.8 Å². The Hall–Kier alpha value is -4.64. The molecule has 5 nitrogen and oxygen atoms in total.